The average molecular weight is 377 g/mol. The van der Waals surface area contributed by atoms with Crippen LogP contribution in [0.25, 0.3) is 5.52 Å². The van der Waals surface area contributed by atoms with Gasteiger partial charge in [0.05, 0.1) is 35.9 Å². The summed E-state index contributed by atoms with van der Waals surface area (Å²) >= 11 is 0. The summed E-state index contributed by atoms with van der Waals surface area (Å²) in [5.74, 6) is -2.15. The van der Waals surface area contributed by atoms with Gasteiger partial charge in [-0.25, -0.2) is 9.59 Å². The van der Waals surface area contributed by atoms with Crippen LogP contribution in [0.5, 0.6) is 0 Å². The number of ether oxygens (including phenoxy) is 2. The molecule has 1 aliphatic rings. The number of methoxy groups -OCH3 is 1. The van der Waals surface area contributed by atoms with E-state index in [0.717, 1.165) is 0 Å². The van der Waals surface area contributed by atoms with E-state index in [0.29, 0.717) is 0 Å². The lowest BCUT2D eigenvalue weighted by Gasteiger charge is -2.15. The Bertz CT molecular complexity index is 1190. The van der Waals surface area contributed by atoms with E-state index in [1.807, 2.05) is 0 Å². The molecule has 4 rings (SSSR count). The Labute approximate surface area is 159 Å². The molecule has 2 heterocycles. The summed E-state index contributed by atoms with van der Waals surface area (Å²) in [7, 11) is 1.19. The molecule has 0 saturated carbocycles. The molecule has 1 aromatic carbocycles. The number of aromatic nitrogens is 1. The molecule has 0 atom stereocenters. The van der Waals surface area contributed by atoms with Gasteiger partial charge in [-0.3, -0.25) is 9.59 Å². The first-order chi connectivity index (χ1) is 13.5. The molecule has 0 aliphatic heterocycles. The Hall–Kier alpha value is -3.74. The number of fused-ring (bicyclic) bond motifs is 4. The number of ketones is 2. The topological polar surface area (TPSA) is 91.2 Å². The van der Waals surface area contributed by atoms with Gasteiger partial charge in [-0.2, -0.15) is 0 Å². The van der Waals surface area contributed by atoms with Crippen molar-refractivity contribution in [2.75, 3.05) is 13.7 Å². The third-order valence-corrected chi connectivity index (χ3v) is 4.70. The highest BCUT2D eigenvalue weighted by Gasteiger charge is 2.38. The van der Waals surface area contributed by atoms with Crippen molar-refractivity contribution in [3.63, 3.8) is 0 Å². The second-order valence-corrected chi connectivity index (χ2v) is 6.19. The lowest BCUT2D eigenvalue weighted by molar-refractivity contribution is 0.0524. The molecular formula is C21H15NO6. The largest absolute Gasteiger partial charge is 0.465 e. The maximum Gasteiger partial charge on any atom is 0.340 e. The van der Waals surface area contributed by atoms with Gasteiger partial charge in [0.15, 0.2) is 5.78 Å². The van der Waals surface area contributed by atoms with Gasteiger partial charge < -0.3 is 13.9 Å². The van der Waals surface area contributed by atoms with E-state index in [9.17, 15) is 19.2 Å². The maximum atomic E-state index is 13.1. The van der Waals surface area contributed by atoms with Gasteiger partial charge in [0.25, 0.3) is 0 Å². The number of carbonyl (C=O) groups is 4. The zero-order valence-electron chi connectivity index (χ0n) is 15.1. The van der Waals surface area contributed by atoms with Gasteiger partial charge in [0, 0.05) is 17.3 Å². The highest BCUT2D eigenvalue weighted by molar-refractivity contribution is 6.31. The van der Waals surface area contributed by atoms with Gasteiger partial charge in [0.1, 0.15) is 5.69 Å². The standard InChI is InChI=1S/C21H15NO6/c1-3-28-20(25)11-8-9-22-14(10-11)15(21(26)27-2)16-17(22)19(24)13-7-5-4-6-12(13)18(16)23/h4-10H,3H2,1-2H3. The Morgan fingerprint density at radius 1 is 1.00 bits per heavy atom. The first-order valence-electron chi connectivity index (χ1n) is 8.61. The van der Waals surface area contributed by atoms with Crippen molar-refractivity contribution < 1.29 is 28.7 Å². The number of hydrogen-bond donors (Lipinski definition) is 0. The minimum Gasteiger partial charge on any atom is -0.465 e. The van der Waals surface area contributed by atoms with E-state index in [2.05, 4.69) is 0 Å². The molecule has 0 amide bonds. The van der Waals surface area contributed by atoms with E-state index in [-0.39, 0.29) is 51.4 Å². The van der Waals surface area contributed by atoms with Gasteiger partial charge in [-0.05, 0) is 19.1 Å². The zero-order valence-corrected chi connectivity index (χ0v) is 15.1. The first-order valence-corrected chi connectivity index (χ1v) is 8.61. The third kappa shape index (κ3) is 2.36. The van der Waals surface area contributed by atoms with Gasteiger partial charge in [-0.1, -0.05) is 24.3 Å². The molecule has 140 valence electrons. The van der Waals surface area contributed by atoms with E-state index in [4.69, 9.17) is 9.47 Å². The third-order valence-electron chi connectivity index (χ3n) is 4.70. The lowest BCUT2D eigenvalue weighted by atomic mass is 9.86. The molecule has 0 fully saturated rings. The number of rotatable bonds is 3. The van der Waals surface area contributed by atoms with Crippen molar-refractivity contribution in [3.05, 3.63) is 76.1 Å². The molecular weight excluding hydrogens is 362 g/mol. The highest BCUT2D eigenvalue weighted by Crippen LogP contribution is 2.34. The normalized spacial score (nSPS) is 12.5. The fourth-order valence-electron chi connectivity index (χ4n) is 3.49. The monoisotopic (exact) mass is 377 g/mol. The van der Waals surface area contributed by atoms with E-state index in [1.165, 1.54) is 29.8 Å². The molecule has 0 bridgehead atoms. The highest BCUT2D eigenvalue weighted by atomic mass is 16.5. The Morgan fingerprint density at radius 3 is 2.32 bits per heavy atom. The van der Waals surface area contributed by atoms with Crippen LogP contribution in [-0.4, -0.2) is 41.6 Å². The molecule has 28 heavy (non-hydrogen) atoms. The molecule has 0 unspecified atom stereocenters. The van der Waals surface area contributed by atoms with Gasteiger partial charge in [-0.15, -0.1) is 0 Å². The molecule has 7 nitrogen and oxygen atoms in total. The second kappa shape index (κ2) is 6.45. The Balaban J connectivity index is 2.07. The van der Waals surface area contributed by atoms with Crippen LogP contribution in [0.4, 0.5) is 0 Å². The van der Waals surface area contributed by atoms with Crippen molar-refractivity contribution >= 4 is 29.0 Å². The summed E-state index contributed by atoms with van der Waals surface area (Å²) in [4.78, 5) is 50.8. The van der Waals surface area contributed by atoms with E-state index in [1.54, 1.807) is 31.2 Å². The van der Waals surface area contributed by atoms with Crippen molar-refractivity contribution in [3.8, 4) is 0 Å². The van der Waals surface area contributed by atoms with Crippen molar-refractivity contribution in [2.45, 2.75) is 6.92 Å². The fraction of sp³-hybridized carbons (Fsp3) is 0.143. The van der Waals surface area contributed by atoms with E-state index < -0.39 is 17.7 Å². The van der Waals surface area contributed by atoms with E-state index >= 15 is 0 Å². The summed E-state index contributed by atoms with van der Waals surface area (Å²) in [6.45, 7) is 1.87. The van der Waals surface area contributed by atoms with Gasteiger partial charge >= 0.3 is 11.9 Å². The molecule has 0 N–H and O–H groups in total. The number of benzene rings is 1. The van der Waals surface area contributed by atoms with Crippen LogP contribution in [0.1, 0.15) is 59.6 Å². The SMILES string of the molecule is CCOC(=O)c1ccn2c3c(c(C(=O)OC)c2c1)C(=O)c1ccccc1C3=O. The second-order valence-electron chi connectivity index (χ2n) is 6.19. The molecule has 0 radical (unpaired) electrons. The predicted molar refractivity (Wildman–Crippen MR) is 98.0 cm³/mol. The smallest absolute Gasteiger partial charge is 0.340 e. The number of esters is 2. The van der Waals surface area contributed by atoms with Crippen LogP contribution in [0.2, 0.25) is 0 Å². The number of pyridine rings is 1. The lowest BCUT2D eigenvalue weighted by Crippen LogP contribution is -2.22. The summed E-state index contributed by atoms with van der Waals surface area (Å²) in [6, 6.07) is 9.35. The van der Waals surface area contributed by atoms with Crippen LogP contribution >= 0.6 is 0 Å². The van der Waals surface area contributed by atoms with Crippen molar-refractivity contribution in [1.29, 1.82) is 0 Å². The quantitative estimate of drug-likeness (QED) is 0.510. The van der Waals surface area contributed by atoms with Crippen LogP contribution in [-0.2, 0) is 9.47 Å². The average Bonchev–Trinajstić information content (AvgIpc) is 3.06. The summed E-state index contributed by atoms with van der Waals surface area (Å²) < 4.78 is 11.3. The minimum absolute atomic E-state index is 0.0171. The van der Waals surface area contributed by atoms with Gasteiger partial charge in [0.2, 0.25) is 5.78 Å². The molecule has 3 aromatic rings. The van der Waals surface area contributed by atoms with Crippen LogP contribution < -0.4 is 0 Å². The predicted octanol–water partition coefficient (Wildman–Crippen LogP) is 2.68. The molecule has 2 aromatic heterocycles. The maximum absolute atomic E-state index is 13.1. The number of hydrogen-bond acceptors (Lipinski definition) is 6. The summed E-state index contributed by atoms with van der Waals surface area (Å²) in [5.41, 5.74) is 0.947. The first kappa shape index (κ1) is 17.7. The molecule has 7 heteroatoms. The zero-order chi connectivity index (χ0) is 20.0. The number of nitrogens with zero attached hydrogens (tertiary/aromatic N) is 1. The number of carbonyl (C=O) groups excluding carboxylic acids is 4. The van der Waals surface area contributed by atoms with Crippen LogP contribution in [0, 0.1) is 0 Å². The Morgan fingerprint density at radius 2 is 1.68 bits per heavy atom. The fourth-order valence-corrected chi connectivity index (χ4v) is 3.49. The van der Waals surface area contributed by atoms with Crippen molar-refractivity contribution in [2.24, 2.45) is 0 Å². The Kier molecular flexibility index (Phi) is 4.07. The van der Waals surface area contributed by atoms with Crippen LogP contribution in [0.3, 0.4) is 0 Å². The summed E-state index contributed by atoms with van der Waals surface area (Å²) in [6.07, 6.45) is 1.48. The van der Waals surface area contributed by atoms with Crippen LogP contribution in [0.15, 0.2) is 42.6 Å². The molecule has 1 aliphatic carbocycles. The summed E-state index contributed by atoms with van der Waals surface area (Å²) in [5, 5.41) is 0. The van der Waals surface area contributed by atoms with Crippen molar-refractivity contribution in [1.82, 2.24) is 4.40 Å². The molecule has 0 spiro atoms. The minimum atomic E-state index is -0.764. The molecule has 0 saturated heterocycles.